The first kappa shape index (κ1) is 13.5. The summed E-state index contributed by atoms with van der Waals surface area (Å²) in [6, 6.07) is 10.1. The number of benzene rings is 2. The molecule has 4 heteroatoms. The van der Waals surface area contributed by atoms with Crippen LogP contribution >= 0.6 is 12.2 Å². The number of rotatable bonds is 3. The van der Waals surface area contributed by atoms with E-state index in [0.29, 0.717) is 11.3 Å². The first-order chi connectivity index (χ1) is 8.99. The van der Waals surface area contributed by atoms with E-state index in [9.17, 15) is 4.39 Å². The average molecular weight is 275 g/mol. The third-order valence-electron chi connectivity index (χ3n) is 2.99. The molecule has 0 bridgehead atoms. The number of thiocarbonyl (C=S) groups is 1. The third kappa shape index (κ3) is 2.90. The predicted octanol–water partition coefficient (Wildman–Crippen LogP) is 3.87. The van der Waals surface area contributed by atoms with Gasteiger partial charge in [0, 0.05) is 5.56 Å². The molecule has 0 spiro atoms. The highest BCUT2D eigenvalue weighted by Gasteiger charge is 2.09. The third-order valence-corrected chi connectivity index (χ3v) is 3.23. The molecule has 0 heterocycles. The Bertz CT molecular complexity index is 640. The zero-order chi connectivity index (χ0) is 14.0. The van der Waals surface area contributed by atoms with Gasteiger partial charge in [0.25, 0.3) is 0 Å². The molecule has 0 aliphatic rings. The van der Waals surface area contributed by atoms with Crippen LogP contribution in [0, 0.1) is 19.7 Å². The summed E-state index contributed by atoms with van der Waals surface area (Å²) in [6.07, 6.45) is 0. The maximum atomic E-state index is 13.9. The van der Waals surface area contributed by atoms with Gasteiger partial charge in [-0.05, 0) is 49.2 Å². The van der Waals surface area contributed by atoms with Crippen molar-refractivity contribution in [2.24, 2.45) is 5.73 Å². The van der Waals surface area contributed by atoms with Crippen LogP contribution in [0.2, 0.25) is 0 Å². The zero-order valence-electron chi connectivity index (χ0n) is 10.7. The smallest absolute Gasteiger partial charge is 0.166 e. The van der Waals surface area contributed by atoms with Gasteiger partial charge in [0.1, 0.15) is 10.7 Å². The lowest BCUT2D eigenvalue weighted by Gasteiger charge is -2.11. The maximum Gasteiger partial charge on any atom is 0.166 e. The molecular weight excluding hydrogens is 261 g/mol. The van der Waals surface area contributed by atoms with E-state index < -0.39 is 5.82 Å². The molecular formula is C15H14FNOS. The first-order valence-electron chi connectivity index (χ1n) is 5.82. The summed E-state index contributed by atoms with van der Waals surface area (Å²) in [6.45, 7) is 3.92. The van der Waals surface area contributed by atoms with Crippen LogP contribution in [0.4, 0.5) is 4.39 Å². The molecule has 0 aliphatic carbocycles. The highest BCUT2D eigenvalue weighted by Crippen LogP contribution is 2.29. The molecule has 0 saturated carbocycles. The fourth-order valence-electron chi connectivity index (χ4n) is 1.69. The van der Waals surface area contributed by atoms with Crippen LogP contribution in [-0.4, -0.2) is 4.99 Å². The summed E-state index contributed by atoms with van der Waals surface area (Å²) in [4.78, 5) is 0.164. The van der Waals surface area contributed by atoms with Crippen molar-refractivity contribution in [3.63, 3.8) is 0 Å². The molecule has 0 unspecified atom stereocenters. The second kappa shape index (κ2) is 5.36. The Morgan fingerprint density at radius 2 is 1.89 bits per heavy atom. The molecule has 0 aromatic heterocycles. The number of hydrogen-bond donors (Lipinski definition) is 1. The van der Waals surface area contributed by atoms with Crippen molar-refractivity contribution >= 4 is 17.2 Å². The summed E-state index contributed by atoms with van der Waals surface area (Å²) in [5.41, 5.74) is 8.02. The van der Waals surface area contributed by atoms with Gasteiger partial charge in [0.15, 0.2) is 11.6 Å². The maximum absolute atomic E-state index is 13.9. The van der Waals surface area contributed by atoms with Crippen molar-refractivity contribution < 1.29 is 9.13 Å². The molecule has 2 aromatic carbocycles. The fraction of sp³-hybridized carbons (Fsp3) is 0.133. The van der Waals surface area contributed by atoms with E-state index >= 15 is 0 Å². The van der Waals surface area contributed by atoms with Gasteiger partial charge in [0.05, 0.1) is 0 Å². The summed E-state index contributed by atoms with van der Waals surface area (Å²) < 4.78 is 19.5. The van der Waals surface area contributed by atoms with Gasteiger partial charge in [-0.3, -0.25) is 0 Å². The van der Waals surface area contributed by atoms with Crippen molar-refractivity contribution in [1.82, 2.24) is 0 Å². The van der Waals surface area contributed by atoms with Crippen LogP contribution in [0.3, 0.4) is 0 Å². The van der Waals surface area contributed by atoms with E-state index in [1.54, 1.807) is 6.07 Å². The second-order valence-electron chi connectivity index (χ2n) is 4.31. The van der Waals surface area contributed by atoms with Gasteiger partial charge >= 0.3 is 0 Å². The molecule has 0 aliphatic heterocycles. The quantitative estimate of drug-likeness (QED) is 0.864. The van der Waals surface area contributed by atoms with Crippen LogP contribution in [-0.2, 0) is 0 Å². The lowest BCUT2D eigenvalue weighted by atomic mass is 10.1. The van der Waals surface area contributed by atoms with Crippen molar-refractivity contribution in [3.05, 3.63) is 58.9 Å². The molecule has 0 radical (unpaired) electrons. The Labute approximate surface area is 117 Å². The van der Waals surface area contributed by atoms with Gasteiger partial charge in [-0.15, -0.1) is 0 Å². The van der Waals surface area contributed by atoms with E-state index in [1.807, 2.05) is 32.0 Å². The van der Waals surface area contributed by atoms with Gasteiger partial charge < -0.3 is 10.5 Å². The Kier molecular flexibility index (Phi) is 3.81. The molecule has 2 N–H and O–H groups in total. The van der Waals surface area contributed by atoms with Gasteiger partial charge in [-0.2, -0.15) is 0 Å². The molecule has 2 nitrogen and oxygen atoms in total. The number of aryl methyl sites for hydroxylation is 1. The van der Waals surface area contributed by atoms with Crippen molar-refractivity contribution in [3.8, 4) is 11.5 Å². The van der Waals surface area contributed by atoms with Gasteiger partial charge in [0.2, 0.25) is 0 Å². The second-order valence-corrected chi connectivity index (χ2v) is 4.75. The van der Waals surface area contributed by atoms with Crippen LogP contribution in [0.1, 0.15) is 16.7 Å². The summed E-state index contributed by atoms with van der Waals surface area (Å²) in [5.74, 6) is 0.321. The van der Waals surface area contributed by atoms with E-state index in [1.165, 1.54) is 12.1 Å². The lowest BCUT2D eigenvalue weighted by Crippen LogP contribution is -2.09. The molecule has 0 saturated heterocycles. The van der Waals surface area contributed by atoms with Crippen LogP contribution < -0.4 is 10.5 Å². The van der Waals surface area contributed by atoms with Crippen molar-refractivity contribution in [2.75, 3.05) is 0 Å². The van der Waals surface area contributed by atoms with Crippen LogP contribution in [0.25, 0.3) is 0 Å². The minimum Gasteiger partial charge on any atom is -0.454 e. The standard InChI is InChI=1S/C15H14FNOS/c1-9-4-3-5-13(10(9)2)18-14-7-6-11(15(17)19)8-12(14)16/h3-8H,1-2H3,(H2,17,19). The molecule has 0 fully saturated rings. The Morgan fingerprint density at radius 3 is 2.53 bits per heavy atom. The Morgan fingerprint density at radius 1 is 1.16 bits per heavy atom. The normalized spacial score (nSPS) is 10.3. The summed E-state index contributed by atoms with van der Waals surface area (Å²) in [5, 5.41) is 0. The molecule has 2 aromatic rings. The minimum absolute atomic E-state index is 0.161. The van der Waals surface area contributed by atoms with E-state index in [0.717, 1.165) is 11.1 Å². The highest BCUT2D eigenvalue weighted by molar-refractivity contribution is 7.80. The van der Waals surface area contributed by atoms with Gasteiger partial charge in [-0.25, -0.2) is 4.39 Å². The van der Waals surface area contributed by atoms with Crippen LogP contribution in [0.15, 0.2) is 36.4 Å². The first-order valence-corrected chi connectivity index (χ1v) is 6.23. The predicted molar refractivity (Wildman–Crippen MR) is 78.3 cm³/mol. The number of ether oxygens (including phenoxy) is 1. The van der Waals surface area contributed by atoms with Crippen LogP contribution in [0.5, 0.6) is 11.5 Å². The Hall–Kier alpha value is -1.94. The van der Waals surface area contributed by atoms with Crippen molar-refractivity contribution in [2.45, 2.75) is 13.8 Å². The topological polar surface area (TPSA) is 35.2 Å². The average Bonchev–Trinajstić information content (AvgIpc) is 2.37. The molecule has 98 valence electrons. The summed E-state index contributed by atoms with van der Waals surface area (Å²) >= 11 is 4.80. The monoisotopic (exact) mass is 275 g/mol. The zero-order valence-corrected chi connectivity index (χ0v) is 11.6. The fourth-order valence-corrected chi connectivity index (χ4v) is 1.82. The largest absolute Gasteiger partial charge is 0.454 e. The lowest BCUT2D eigenvalue weighted by molar-refractivity contribution is 0.439. The number of halogens is 1. The number of nitrogens with two attached hydrogens (primary N) is 1. The molecule has 19 heavy (non-hydrogen) atoms. The molecule has 2 rings (SSSR count). The minimum atomic E-state index is -0.480. The van der Waals surface area contributed by atoms with E-state index in [-0.39, 0.29) is 10.7 Å². The molecule has 0 atom stereocenters. The van der Waals surface area contributed by atoms with Gasteiger partial charge in [-0.1, -0.05) is 24.4 Å². The SMILES string of the molecule is Cc1cccc(Oc2ccc(C(N)=S)cc2F)c1C. The Balaban J connectivity index is 2.34. The van der Waals surface area contributed by atoms with E-state index in [2.05, 4.69) is 0 Å². The number of hydrogen-bond acceptors (Lipinski definition) is 2. The molecule has 0 amide bonds. The van der Waals surface area contributed by atoms with E-state index in [4.69, 9.17) is 22.7 Å². The van der Waals surface area contributed by atoms with Crippen molar-refractivity contribution in [1.29, 1.82) is 0 Å². The summed E-state index contributed by atoms with van der Waals surface area (Å²) in [7, 11) is 0. The highest BCUT2D eigenvalue weighted by atomic mass is 32.1.